The molecule has 0 bridgehead atoms. The number of nitroso groups, excluding NO2 is 1. The summed E-state index contributed by atoms with van der Waals surface area (Å²) in [5.74, 6) is -0.310. The lowest BCUT2D eigenvalue weighted by molar-refractivity contribution is -0.153. The van der Waals surface area contributed by atoms with Crippen LogP contribution in [0.4, 0.5) is 5.69 Å². The Morgan fingerprint density at radius 1 is 1.38 bits per heavy atom. The van der Waals surface area contributed by atoms with Crippen LogP contribution < -0.4 is 0 Å². The van der Waals surface area contributed by atoms with Crippen molar-refractivity contribution in [2.24, 2.45) is 5.18 Å². The summed E-state index contributed by atoms with van der Waals surface area (Å²) < 4.78 is 5.17. The summed E-state index contributed by atoms with van der Waals surface area (Å²) in [6, 6.07) is 6.62. The van der Waals surface area contributed by atoms with E-state index in [1.807, 2.05) is 20.8 Å². The minimum absolute atomic E-state index is 0.153. The standard InChI is InChI=1S/C12H15NO3/c1-12(2,3)16-11(14)8-9-5-4-6-10(7-9)13-15/h4-7H,8H2,1-3H3. The second-order valence-electron chi connectivity index (χ2n) is 4.52. The summed E-state index contributed by atoms with van der Waals surface area (Å²) >= 11 is 0. The fraction of sp³-hybridized carbons (Fsp3) is 0.417. The predicted molar refractivity (Wildman–Crippen MR) is 61.4 cm³/mol. The van der Waals surface area contributed by atoms with Crippen molar-refractivity contribution in [1.82, 2.24) is 0 Å². The molecule has 86 valence electrons. The van der Waals surface area contributed by atoms with E-state index < -0.39 is 5.60 Å². The van der Waals surface area contributed by atoms with Crippen molar-refractivity contribution in [1.29, 1.82) is 0 Å². The van der Waals surface area contributed by atoms with Crippen molar-refractivity contribution in [3.63, 3.8) is 0 Å². The van der Waals surface area contributed by atoms with Crippen molar-refractivity contribution in [2.45, 2.75) is 32.8 Å². The van der Waals surface area contributed by atoms with Gasteiger partial charge in [0.15, 0.2) is 0 Å². The van der Waals surface area contributed by atoms with Crippen molar-refractivity contribution in [3.05, 3.63) is 34.7 Å². The normalized spacial score (nSPS) is 10.9. The Morgan fingerprint density at radius 2 is 2.06 bits per heavy atom. The number of nitrogens with zero attached hydrogens (tertiary/aromatic N) is 1. The zero-order valence-electron chi connectivity index (χ0n) is 9.69. The van der Waals surface area contributed by atoms with E-state index in [9.17, 15) is 9.70 Å². The minimum atomic E-state index is -0.488. The summed E-state index contributed by atoms with van der Waals surface area (Å²) in [6.45, 7) is 5.44. The molecule has 0 unspecified atom stereocenters. The highest BCUT2D eigenvalue weighted by Gasteiger charge is 2.16. The molecule has 0 aromatic heterocycles. The molecule has 1 aromatic rings. The lowest BCUT2D eigenvalue weighted by Crippen LogP contribution is -2.24. The third kappa shape index (κ3) is 4.21. The van der Waals surface area contributed by atoms with Gasteiger partial charge in [-0.25, -0.2) is 0 Å². The molecule has 0 aliphatic rings. The van der Waals surface area contributed by atoms with Gasteiger partial charge in [0.2, 0.25) is 0 Å². The van der Waals surface area contributed by atoms with E-state index in [0.29, 0.717) is 5.69 Å². The maximum atomic E-state index is 11.5. The highest BCUT2D eigenvalue weighted by Crippen LogP contribution is 2.15. The van der Waals surface area contributed by atoms with Crippen LogP contribution in [0.3, 0.4) is 0 Å². The maximum Gasteiger partial charge on any atom is 0.310 e. The van der Waals surface area contributed by atoms with E-state index in [-0.39, 0.29) is 12.4 Å². The first-order chi connectivity index (χ1) is 7.40. The number of benzene rings is 1. The molecule has 1 rings (SSSR count). The number of ether oxygens (including phenoxy) is 1. The molecule has 0 amide bonds. The Kier molecular flexibility index (Phi) is 3.77. The molecule has 0 saturated carbocycles. The largest absolute Gasteiger partial charge is 0.460 e. The maximum absolute atomic E-state index is 11.5. The molecule has 0 spiro atoms. The first-order valence-electron chi connectivity index (χ1n) is 5.05. The molecular formula is C12H15NO3. The van der Waals surface area contributed by atoms with E-state index in [0.717, 1.165) is 5.56 Å². The Morgan fingerprint density at radius 3 is 2.62 bits per heavy atom. The Balaban J connectivity index is 2.66. The van der Waals surface area contributed by atoms with Gasteiger partial charge in [-0.15, -0.1) is 4.91 Å². The second-order valence-corrected chi connectivity index (χ2v) is 4.52. The molecule has 0 radical (unpaired) electrons. The van der Waals surface area contributed by atoms with E-state index in [4.69, 9.17) is 4.74 Å². The SMILES string of the molecule is CC(C)(C)OC(=O)Cc1cccc(N=O)c1. The molecule has 0 heterocycles. The van der Waals surface area contributed by atoms with Crippen LogP contribution >= 0.6 is 0 Å². The van der Waals surface area contributed by atoms with E-state index in [1.54, 1.807) is 24.3 Å². The summed E-state index contributed by atoms with van der Waals surface area (Å²) in [6.07, 6.45) is 0.153. The lowest BCUT2D eigenvalue weighted by atomic mass is 10.1. The van der Waals surface area contributed by atoms with Crippen molar-refractivity contribution in [2.75, 3.05) is 0 Å². The van der Waals surface area contributed by atoms with Crippen molar-refractivity contribution in [3.8, 4) is 0 Å². The first kappa shape index (κ1) is 12.4. The van der Waals surface area contributed by atoms with Gasteiger partial charge in [-0.1, -0.05) is 12.1 Å². The smallest absolute Gasteiger partial charge is 0.310 e. The van der Waals surface area contributed by atoms with E-state index in [1.165, 1.54) is 0 Å². The number of hydrogen-bond acceptors (Lipinski definition) is 4. The molecule has 1 aromatic carbocycles. The Bertz CT molecular complexity index is 393. The molecule has 4 heteroatoms. The second kappa shape index (κ2) is 4.88. The van der Waals surface area contributed by atoms with E-state index in [2.05, 4.69) is 5.18 Å². The molecule has 4 nitrogen and oxygen atoms in total. The molecule has 0 aliphatic heterocycles. The van der Waals surface area contributed by atoms with Gasteiger partial charge >= 0.3 is 5.97 Å². The van der Waals surface area contributed by atoms with Gasteiger partial charge in [-0.2, -0.15) is 0 Å². The zero-order valence-corrected chi connectivity index (χ0v) is 9.69. The van der Waals surface area contributed by atoms with Gasteiger partial charge in [0.25, 0.3) is 0 Å². The van der Waals surface area contributed by atoms with Crippen LogP contribution in [0.5, 0.6) is 0 Å². The third-order valence-corrected chi connectivity index (χ3v) is 1.78. The zero-order chi connectivity index (χ0) is 12.2. The number of carbonyl (C=O) groups is 1. The van der Waals surface area contributed by atoms with Crippen LogP contribution in [0.15, 0.2) is 29.4 Å². The van der Waals surface area contributed by atoms with E-state index >= 15 is 0 Å². The first-order valence-corrected chi connectivity index (χ1v) is 5.05. The van der Waals surface area contributed by atoms with Crippen LogP contribution in [0.2, 0.25) is 0 Å². The minimum Gasteiger partial charge on any atom is -0.460 e. The van der Waals surface area contributed by atoms with Gasteiger partial charge in [-0.05, 0) is 43.6 Å². The number of rotatable bonds is 3. The molecule has 16 heavy (non-hydrogen) atoms. The average molecular weight is 221 g/mol. The Hall–Kier alpha value is -1.71. The van der Waals surface area contributed by atoms with Gasteiger partial charge in [-0.3, -0.25) is 4.79 Å². The summed E-state index contributed by atoms with van der Waals surface area (Å²) in [7, 11) is 0. The number of esters is 1. The third-order valence-electron chi connectivity index (χ3n) is 1.78. The predicted octanol–water partition coefficient (Wildman–Crippen LogP) is 2.97. The van der Waals surface area contributed by atoms with Gasteiger partial charge in [0.05, 0.1) is 6.42 Å². The number of hydrogen-bond donors (Lipinski definition) is 0. The van der Waals surface area contributed by atoms with Crippen LogP contribution in [0.25, 0.3) is 0 Å². The summed E-state index contributed by atoms with van der Waals surface area (Å²) in [5, 5.41) is 2.81. The van der Waals surface area contributed by atoms with Gasteiger partial charge < -0.3 is 4.74 Å². The quantitative estimate of drug-likeness (QED) is 0.582. The lowest BCUT2D eigenvalue weighted by Gasteiger charge is -2.19. The molecule has 0 saturated heterocycles. The molecule has 0 fully saturated rings. The van der Waals surface area contributed by atoms with Crippen molar-refractivity contribution >= 4 is 11.7 Å². The van der Waals surface area contributed by atoms with Crippen LogP contribution in [0.1, 0.15) is 26.3 Å². The fourth-order valence-electron chi connectivity index (χ4n) is 1.27. The number of carbonyl (C=O) groups excluding carboxylic acids is 1. The molecule has 0 N–H and O–H groups in total. The van der Waals surface area contributed by atoms with Crippen LogP contribution in [-0.4, -0.2) is 11.6 Å². The highest BCUT2D eigenvalue weighted by atomic mass is 16.6. The van der Waals surface area contributed by atoms with Gasteiger partial charge in [0, 0.05) is 0 Å². The molecular weight excluding hydrogens is 206 g/mol. The van der Waals surface area contributed by atoms with Crippen LogP contribution in [0, 0.1) is 4.91 Å². The highest BCUT2D eigenvalue weighted by molar-refractivity contribution is 5.73. The summed E-state index contributed by atoms with van der Waals surface area (Å²) in [5.41, 5.74) is 0.560. The fourth-order valence-corrected chi connectivity index (χ4v) is 1.27. The monoisotopic (exact) mass is 221 g/mol. The Labute approximate surface area is 94.6 Å². The molecule has 0 atom stereocenters. The van der Waals surface area contributed by atoms with Crippen LogP contribution in [-0.2, 0) is 16.0 Å². The van der Waals surface area contributed by atoms with Gasteiger partial charge in [0.1, 0.15) is 11.3 Å². The average Bonchev–Trinajstić information content (AvgIpc) is 2.15. The molecule has 0 aliphatic carbocycles. The van der Waals surface area contributed by atoms with Crippen molar-refractivity contribution < 1.29 is 9.53 Å². The topological polar surface area (TPSA) is 55.7 Å². The summed E-state index contributed by atoms with van der Waals surface area (Å²) in [4.78, 5) is 21.8.